The monoisotopic (exact) mass is 616 g/mol. The number of hydrogen-bond acceptors (Lipinski definition) is 5. The highest BCUT2D eigenvalue weighted by Crippen LogP contribution is 3.02. The van der Waals surface area contributed by atoms with E-state index in [0.717, 1.165) is 23.2 Å². The highest BCUT2D eigenvalue weighted by molar-refractivity contribution is 8.45. The van der Waals surface area contributed by atoms with Crippen LogP contribution in [0.4, 0.5) is 38.3 Å². The van der Waals surface area contributed by atoms with E-state index < -0.39 is 81.1 Å². The fourth-order valence-electron chi connectivity index (χ4n) is 4.97. The molecule has 2 fully saturated rings. The van der Waals surface area contributed by atoms with E-state index in [-0.39, 0.29) is 43.5 Å². The molecule has 1 saturated carbocycles. The van der Waals surface area contributed by atoms with Crippen LogP contribution in [0.1, 0.15) is 50.6 Å². The lowest BCUT2D eigenvalue weighted by Crippen LogP contribution is -2.52. The second-order valence-corrected chi connectivity index (χ2v) is 13.2. The number of carbonyl (C=O) groups is 2. The van der Waals surface area contributed by atoms with Gasteiger partial charge in [-0.2, -0.15) is 4.39 Å². The van der Waals surface area contributed by atoms with Crippen LogP contribution in [0, 0.1) is 5.95 Å². The molecular weight excluding hydrogens is 588 g/mol. The number of hydrogen-bond donors (Lipinski definition) is 3. The van der Waals surface area contributed by atoms with E-state index in [9.17, 15) is 47.3 Å². The van der Waals surface area contributed by atoms with Crippen molar-refractivity contribution in [3.8, 4) is 0 Å². The predicted molar refractivity (Wildman–Crippen MR) is 135 cm³/mol. The molecule has 4 rings (SSSR count). The van der Waals surface area contributed by atoms with Gasteiger partial charge in [-0.15, -0.1) is 0 Å². The zero-order valence-corrected chi connectivity index (χ0v) is 22.4. The Morgan fingerprint density at radius 1 is 1.07 bits per heavy atom. The number of rotatable bonds is 7. The minimum absolute atomic E-state index is 0.0499. The van der Waals surface area contributed by atoms with Crippen molar-refractivity contribution in [2.24, 2.45) is 0 Å². The van der Waals surface area contributed by atoms with Gasteiger partial charge in [0.1, 0.15) is 10.9 Å². The van der Waals surface area contributed by atoms with Crippen LogP contribution in [-0.4, -0.2) is 52.1 Å². The average molecular weight is 617 g/mol. The van der Waals surface area contributed by atoms with Crippen molar-refractivity contribution in [3.63, 3.8) is 0 Å². The number of pyridine rings is 1. The smallest absolute Gasteiger partial charge is 0.310 e. The van der Waals surface area contributed by atoms with Gasteiger partial charge < -0.3 is 15.7 Å². The minimum atomic E-state index is -10.1. The number of halogens is 8. The molecule has 1 saturated heterocycles. The van der Waals surface area contributed by atoms with Crippen LogP contribution in [0.5, 0.6) is 0 Å². The van der Waals surface area contributed by atoms with Crippen molar-refractivity contribution in [1.82, 2.24) is 15.6 Å². The molecule has 2 amide bonds. The molecule has 16 heteroatoms. The summed E-state index contributed by atoms with van der Waals surface area (Å²) in [6, 6.07) is -0.303. The van der Waals surface area contributed by atoms with Crippen LogP contribution in [0.25, 0.3) is 0 Å². The third kappa shape index (κ3) is 7.46. The van der Waals surface area contributed by atoms with Crippen LogP contribution in [0.3, 0.4) is 0 Å². The van der Waals surface area contributed by atoms with Crippen LogP contribution < -0.4 is 15.5 Å². The zero-order valence-electron chi connectivity index (χ0n) is 21.6. The number of aliphatic hydroxyl groups is 1. The van der Waals surface area contributed by atoms with Gasteiger partial charge in [-0.05, 0) is 50.1 Å². The summed E-state index contributed by atoms with van der Waals surface area (Å²) in [5, 5.41) is 15.7. The zero-order chi connectivity index (χ0) is 30.5. The summed E-state index contributed by atoms with van der Waals surface area (Å²) in [5.41, 5.74) is -1.85. The Morgan fingerprint density at radius 3 is 2.17 bits per heavy atom. The number of aromatic nitrogens is 1. The Morgan fingerprint density at radius 2 is 1.68 bits per heavy atom. The molecule has 2 heterocycles. The number of anilines is 1. The lowest BCUT2D eigenvalue weighted by molar-refractivity contribution is -0.128. The quantitative estimate of drug-likeness (QED) is 0.272. The lowest BCUT2D eigenvalue weighted by atomic mass is 9.91. The van der Waals surface area contributed by atoms with E-state index in [1.807, 2.05) is 0 Å². The Labute approximate surface area is 230 Å². The van der Waals surface area contributed by atoms with Gasteiger partial charge in [-0.1, -0.05) is 25.5 Å². The van der Waals surface area contributed by atoms with Crippen molar-refractivity contribution in [2.75, 3.05) is 11.4 Å². The summed E-state index contributed by atoms with van der Waals surface area (Å²) in [7, 11) is -10.1. The summed E-state index contributed by atoms with van der Waals surface area (Å²) >= 11 is 0. The number of nitrogens with zero attached hydrogens (tertiary/aromatic N) is 2. The Hall–Kier alpha value is -2.98. The van der Waals surface area contributed by atoms with Gasteiger partial charge in [0.25, 0.3) is 0 Å². The van der Waals surface area contributed by atoms with Gasteiger partial charge in [-0.25, -0.2) is 13.8 Å². The molecule has 3 N–H and O–H groups in total. The number of β-amino-alcohol motifs (C(OH)–C–C–N with tert-alkyl or cyclic N) is 1. The van der Waals surface area contributed by atoms with Gasteiger partial charge in [0, 0.05) is 49.3 Å². The number of amides is 2. The number of carbonyl (C=O) groups excluding carboxylic acids is 2. The van der Waals surface area contributed by atoms with Crippen molar-refractivity contribution in [2.45, 2.75) is 73.6 Å². The fourth-order valence-corrected chi connectivity index (χ4v) is 5.62. The number of alkyl halides is 2. The van der Waals surface area contributed by atoms with Crippen molar-refractivity contribution in [1.29, 1.82) is 0 Å². The van der Waals surface area contributed by atoms with E-state index >= 15 is 0 Å². The molecular formula is C25H28F8N4O3S. The average Bonchev–Trinajstić information content (AvgIpc) is 3.22. The number of nitrogens with one attached hydrogen (secondary N) is 2. The summed E-state index contributed by atoms with van der Waals surface area (Å²) in [6.07, 6.45) is -0.490. The minimum Gasteiger partial charge on any atom is -0.389 e. The molecule has 1 aromatic carbocycles. The predicted octanol–water partition coefficient (Wildman–Crippen LogP) is 5.76. The second kappa shape index (κ2) is 9.80. The summed E-state index contributed by atoms with van der Waals surface area (Å²) in [4.78, 5) is 29.5. The molecule has 0 spiro atoms. The number of benzene rings is 1. The molecule has 41 heavy (non-hydrogen) atoms. The van der Waals surface area contributed by atoms with Gasteiger partial charge in [0.15, 0.2) is 0 Å². The standard InChI is InChI=1S/C25H28F8N4O3S/c1-24(40)12-19(35-14-24)23(39)37(17-3-5-18(6-4-17)41(29,30,31,32)33)21(15-2-7-20(26)34-13-15)22(38)36-16-8-10-25(27,28)11-9-16/h2-7,13,16,19,21,35,40H,8-12,14H2,1H3,(H,36,38)/t19-,21?,24-/m1/s1. The largest absolute Gasteiger partial charge is 0.389 e. The molecule has 1 aromatic heterocycles. The first-order chi connectivity index (χ1) is 18.6. The Bertz CT molecular complexity index is 1300. The van der Waals surface area contributed by atoms with Gasteiger partial charge in [0.05, 0.1) is 11.6 Å². The first-order valence-corrected chi connectivity index (χ1v) is 14.5. The van der Waals surface area contributed by atoms with E-state index in [2.05, 4.69) is 15.6 Å². The van der Waals surface area contributed by atoms with Gasteiger partial charge >= 0.3 is 10.2 Å². The fraction of sp³-hybridized carbons (Fsp3) is 0.480. The highest BCUT2D eigenvalue weighted by Gasteiger charge is 2.65. The molecule has 3 atom stereocenters. The van der Waals surface area contributed by atoms with Crippen LogP contribution in [0.2, 0.25) is 0 Å². The second-order valence-electron chi connectivity index (χ2n) is 10.8. The summed E-state index contributed by atoms with van der Waals surface area (Å²) < 4.78 is 108. The van der Waals surface area contributed by atoms with E-state index in [1.54, 1.807) is 0 Å². The maximum Gasteiger partial charge on any atom is 0.310 e. The topological polar surface area (TPSA) is 94.6 Å². The van der Waals surface area contributed by atoms with Crippen molar-refractivity contribution < 1.29 is 47.3 Å². The van der Waals surface area contributed by atoms with E-state index in [0.29, 0.717) is 12.1 Å². The maximum atomic E-state index is 13.8. The maximum absolute atomic E-state index is 13.8. The van der Waals surface area contributed by atoms with Gasteiger partial charge in [0.2, 0.25) is 23.7 Å². The molecule has 1 unspecified atom stereocenters. The third-order valence-electron chi connectivity index (χ3n) is 7.11. The molecule has 0 bridgehead atoms. The molecule has 228 valence electrons. The first-order valence-electron chi connectivity index (χ1n) is 12.6. The van der Waals surface area contributed by atoms with Crippen LogP contribution in [0.15, 0.2) is 47.5 Å². The Balaban J connectivity index is 1.78. The van der Waals surface area contributed by atoms with Crippen molar-refractivity contribution >= 4 is 27.7 Å². The molecule has 1 aliphatic heterocycles. The molecule has 2 aliphatic rings. The Kier molecular flexibility index (Phi) is 7.40. The highest BCUT2D eigenvalue weighted by atomic mass is 32.5. The third-order valence-corrected chi connectivity index (χ3v) is 8.27. The SMILES string of the molecule is C[C@]1(O)CN[C@@H](C(=O)N(c2ccc(S(F)(F)(F)(F)F)cc2)C(C(=O)NC2CCC(F)(F)CC2)c2ccc(F)nc2)C1. The molecule has 2 aromatic rings. The normalized spacial score (nSPS) is 25.6. The van der Waals surface area contributed by atoms with Crippen LogP contribution in [-0.2, 0) is 9.59 Å². The summed E-state index contributed by atoms with van der Waals surface area (Å²) in [6.45, 7) is 1.37. The van der Waals surface area contributed by atoms with Gasteiger partial charge in [-0.3, -0.25) is 14.5 Å². The van der Waals surface area contributed by atoms with Crippen molar-refractivity contribution in [3.05, 3.63) is 54.1 Å². The molecule has 7 nitrogen and oxygen atoms in total. The first kappa shape index (κ1) is 31.0. The molecule has 1 aliphatic carbocycles. The van der Waals surface area contributed by atoms with E-state index in [4.69, 9.17) is 0 Å². The summed E-state index contributed by atoms with van der Waals surface area (Å²) in [5.74, 6) is -5.72. The van der Waals surface area contributed by atoms with E-state index in [1.165, 1.54) is 6.92 Å². The molecule has 0 radical (unpaired) electrons. The lowest BCUT2D eigenvalue weighted by Gasteiger charge is -2.41. The van der Waals surface area contributed by atoms with Crippen LogP contribution >= 0.6 is 10.2 Å².